The lowest BCUT2D eigenvalue weighted by Crippen LogP contribution is -2.26. The Morgan fingerprint density at radius 1 is 1.38 bits per heavy atom. The fourth-order valence-corrected chi connectivity index (χ4v) is 2.05. The minimum atomic E-state index is 0.566. The third kappa shape index (κ3) is 1.73. The summed E-state index contributed by atoms with van der Waals surface area (Å²) in [6.07, 6.45) is 7.80. The summed E-state index contributed by atoms with van der Waals surface area (Å²) in [5.41, 5.74) is 7.16. The van der Waals surface area contributed by atoms with Gasteiger partial charge in [-0.3, -0.25) is 4.98 Å². The van der Waals surface area contributed by atoms with Gasteiger partial charge in [-0.2, -0.15) is 0 Å². The van der Waals surface area contributed by atoms with Crippen LogP contribution in [0.15, 0.2) is 24.5 Å². The molecule has 2 rings (SSSR count). The molecular formula is C11H16N2. The highest BCUT2D eigenvalue weighted by atomic mass is 14.6. The lowest BCUT2D eigenvalue weighted by Gasteiger charge is -2.33. The molecule has 2 N–H and O–H groups in total. The Hall–Kier alpha value is -0.890. The zero-order valence-electron chi connectivity index (χ0n) is 7.82. The summed E-state index contributed by atoms with van der Waals surface area (Å²) in [5.74, 6) is 1.39. The zero-order valence-corrected chi connectivity index (χ0v) is 7.82. The van der Waals surface area contributed by atoms with Crippen LogP contribution in [0.5, 0.6) is 0 Å². The molecule has 0 amide bonds. The number of hydrogen-bond donors (Lipinski definition) is 1. The van der Waals surface area contributed by atoms with Crippen LogP contribution in [0, 0.1) is 5.92 Å². The van der Waals surface area contributed by atoms with E-state index in [4.69, 9.17) is 5.73 Å². The molecule has 13 heavy (non-hydrogen) atoms. The molecule has 1 aromatic rings. The minimum Gasteiger partial charge on any atom is -0.330 e. The summed E-state index contributed by atoms with van der Waals surface area (Å²) in [6.45, 7) is 0.773. The molecule has 0 saturated heterocycles. The van der Waals surface area contributed by atoms with Crippen LogP contribution in [-0.4, -0.2) is 11.5 Å². The van der Waals surface area contributed by atoms with E-state index in [1.807, 2.05) is 12.4 Å². The van der Waals surface area contributed by atoms with Crippen LogP contribution in [0.3, 0.4) is 0 Å². The number of hydrogen-bond acceptors (Lipinski definition) is 2. The van der Waals surface area contributed by atoms with Gasteiger partial charge in [0.05, 0.1) is 0 Å². The normalized spacial score (nSPS) is 19.5. The fourth-order valence-electron chi connectivity index (χ4n) is 2.05. The Balaban J connectivity index is 2.12. The van der Waals surface area contributed by atoms with Crippen molar-refractivity contribution in [1.82, 2.24) is 4.98 Å². The van der Waals surface area contributed by atoms with Crippen molar-refractivity contribution in [3.05, 3.63) is 30.1 Å². The van der Waals surface area contributed by atoms with Gasteiger partial charge in [0, 0.05) is 12.4 Å². The Morgan fingerprint density at radius 2 is 2.08 bits per heavy atom. The van der Waals surface area contributed by atoms with Crippen LogP contribution < -0.4 is 5.73 Å². The molecule has 0 aliphatic heterocycles. The number of rotatable bonds is 3. The van der Waals surface area contributed by atoms with Gasteiger partial charge >= 0.3 is 0 Å². The van der Waals surface area contributed by atoms with E-state index in [0.717, 1.165) is 12.5 Å². The molecular weight excluding hydrogens is 160 g/mol. The van der Waals surface area contributed by atoms with Crippen molar-refractivity contribution in [2.24, 2.45) is 11.7 Å². The second kappa shape index (κ2) is 3.88. The van der Waals surface area contributed by atoms with Crippen molar-refractivity contribution in [3.63, 3.8) is 0 Å². The van der Waals surface area contributed by atoms with Crippen molar-refractivity contribution in [2.45, 2.75) is 25.2 Å². The van der Waals surface area contributed by atoms with Gasteiger partial charge in [-0.1, -0.05) is 6.42 Å². The first kappa shape index (κ1) is 8.70. The van der Waals surface area contributed by atoms with E-state index in [9.17, 15) is 0 Å². The molecule has 1 atom stereocenters. The third-order valence-electron chi connectivity index (χ3n) is 3.11. The highest BCUT2D eigenvalue weighted by Crippen LogP contribution is 2.38. The van der Waals surface area contributed by atoms with Gasteiger partial charge in [-0.05, 0) is 48.9 Å². The smallest absolute Gasteiger partial charge is 0.0270 e. The quantitative estimate of drug-likeness (QED) is 0.764. The summed E-state index contributed by atoms with van der Waals surface area (Å²) in [6, 6.07) is 4.19. The number of pyridine rings is 1. The highest BCUT2D eigenvalue weighted by molar-refractivity contribution is 5.18. The molecule has 1 aliphatic carbocycles. The molecule has 1 fully saturated rings. The van der Waals surface area contributed by atoms with Crippen LogP contribution in [0.2, 0.25) is 0 Å². The predicted octanol–water partition coefficient (Wildman–Crippen LogP) is 1.92. The molecule has 1 aliphatic rings. The maximum atomic E-state index is 5.79. The van der Waals surface area contributed by atoms with Gasteiger partial charge in [-0.25, -0.2) is 0 Å². The first-order valence-electron chi connectivity index (χ1n) is 5.02. The molecule has 1 saturated carbocycles. The summed E-state index contributed by atoms with van der Waals surface area (Å²) in [7, 11) is 0. The summed E-state index contributed by atoms with van der Waals surface area (Å²) < 4.78 is 0. The topological polar surface area (TPSA) is 38.9 Å². The number of nitrogens with two attached hydrogens (primary N) is 1. The molecule has 2 heteroatoms. The van der Waals surface area contributed by atoms with E-state index >= 15 is 0 Å². The van der Waals surface area contributed by atoms with Crippen LogP contribution in [0.25, 0.3) is 0 Å². The average Bonchev–Trinajstić information content (AvgIpc) is 2.12. The largest absolute Gasteiger partial charge is 0.330 e. The SMILES string of the molecule is NCC(c1ccncc1)C1CCC1. The standard InChI is InChI=1S/C11H16N2/c12-8-11(9-2-1-3-9)10-4-6-13-7-5-10/h4-7,9,11H,1-3,8,12H2. The summed E-state index contributed by atoms with van der Waals surface area (Å²) in [5, 5.41) is 0. The van der Waals surface area contributed by atoms with E-state index in [0.29, 0.717) is 5.92 Å². The third-order valence-corrected chi connectivity index (χ3v) is 3.11. The van der Waals surface area contributed by atoms with Gasteiger partial charge in [0.25, 0.3) is 0 Å². The molecule has 1 aromatic heterocycles. The molecule has 0 radical (unpaired) electrons. The van der Waals surface area contributed by atoms with Crippen molar-refractivity contribution in [3.8, 4) is 0 Å². The highest BCUT2D eigenvalue weighted by Gasteiger charge is 2.27. The first-order chi connectivity index (χ1) is 6.42. The van der Waals surface area contributed by atoms with Gasteiger partial charge in [0.15, 0.2) is 0 Å². The van der Waals surface area contributed by atoms with Crippen LogP contribution in [0.4, 0.5) is 0 Å². The van der Waals surface area contributed by atoms with Crippen LogP contribution in [0.1, 0.15) is 30.7 Å². The monoisotopic (exact) mass is 176 g/mol. The molecule has 0 spiro atoms. The van der Waals surface area contributed by atoms with Crippen molar-refractivity contribution >= 4 is 0 Å². The Labute approximate surface area is 79.2 Å². The van der Waals surface area contributed by atoms with E-state index in [-0.39, 0.29) is 0 Å². The lowest BCUT2D eigenvalue weighted by molar-refractivity contribution is 0.264. The van der Waals surface area contributed by atoms with Crippen molar-refractivity contribution in [1.29, 1.82) is 0 Å². The number of nitrogens with zero attached hydrogens (tertiary/aromatic N) is 1. The molecule has 0 aromatic carbocycles. The van der Waals surface area contributed by atoms with Gasteiger partial charge in [-0.15, -0.1) is 0 Å². The van der Waals surface area contributed by atoms with Gasteiger partial charge < -0.3 is 5.73 Å². The maximum absolute atomic E-state index is 5.79. The van der Waals surface area contributed by atoms with Crippen molar-refractivity contribution in [2.75, 3.05) is 6.54 Å². The van der Waals surface area contributed by atoms with E-state index in [1.54, 1.807) is 0 Å². The Morgan fingerprint density at radius 3 is 2.54 bits per heavy atom. The Bertz CT molecular complexity index is 254. The van der Waals surface area contributed by atoms with Crippen LogP contribution >= 0.6 is 0 Å². The Kier molecular flexibility index (Phi) is 2.60. The molecule has 1 unspecified atom stereocenters. The summed E-state index contributed by atoms with van der Waals surface area (Å²) in [4.78, 5) is 4.02. The molecule has 70 valence electrons. The minimum absolute atomic E-state index is 0.566. The van der Waals surface area contributed by atoms with E-state index in [2.05, 4.69) is 17.1 Å². The fraction of sp³-hybridized carbons (Fsp3) is 0.545. The van der Waals surface area contributed by atoms with Crippen LogP contribution in [-0.2, 0) is 0 Å². The van der Waals surface area contributed by atoms with E-state index in [1.165, 1.54) is 24.8 Å². The first-order valence-corrected chi connectivity index (χ1v) is 5.02. The maximum Gasteiger partial charge on any atom is 0.0270 e. The molecule has 0 bridgehead atoms. The predicted molar refractivity (Wildman–Crippen MR) is 53.4 cm³/mol. The van der Waals surface area contributed by atoms with Gasteiger partial charge in [0.1, 0.15) is 0 Å². The average molecular weight is 176 g/mol. The molecule has 2 nitrogen and oxygen atoms in total. The summed E-state index contributed by atoms with van der Waals surface area (Å²) >= 11 is 0. The second-order valence-corrected chi connectivity index (χ2v) is 3.81. The van der Waals surface area contributed by atoms with Gasteiger partial charge in [0.2, 0.25) is 0 Å². The second-order valence-electron chi connectivity index (χ2n) is 3.81. The molecule has 1 heterocycles. The lowest BCUT2D eigenvalue weighted by atomic mass is 9.73. The number of aromatic nitrogens is 1. The van der Waals surface area contributed by atoms with Crippen molar-refractivity contribution < 1.29 is 0 Å². The van der Waals surface area contributed by atoms with E-state index < -0.39 is 0 Å². The zero-order chi connectivity index (χ0) is 9.10.